The highest BCUT2D eigenvalue weighted by Crippen LogP contribution is 2.12. The van der Waals surface area contributed by atoms with Crippen molar-refractivity contribution in [2.24, 2.45) is 5.73 Å². The summed E-state index contributed by atoms with van der Waals surface area (Å²) in [5.74, 6) is 0.0278. The Morgan fingerprint density at radius 2 is 2.31 bits per heavy atom. The predicted molar refractivity (Wildman–Crippen MR) is 56.5 cm³/mol. The zero-order valence-electron chi connectivity index (χ0n) is 7.46. The number of nitrogens with two attached hydrogens (primary N) is 1. The highest BCUT2D eigenvalue weighted by molar-refractivity contribution is 9.10. The van der Waals surface area contributed by atoms with E-state index >= 15 is 0 Å². The molecular weight excluding hydrogens is 230 g/mol. The molecule has 1 aromatic rings. The van der Waals surface area contributed by atoms with Gasteiger partial charge in [-0.3, -0.25) is 4.79 Å². The number of ketones is 1. The second kappa shape index (κ2) is 4.53. The zero-order valence-corrected chi connectivity index (χ0v) is 9.04. The van der Waals surface area contributed by atoms with Gasteiger partial charge in [-0.25, -0.2) is 0 Å². The zero-order chi connectivity index (χ0) is 9.84. The summed E-state index contributed by atoms with van der Waals surface area (Å²) < 4.78 is 1.01. The summed E-state index contributed by atoms with van der Waals surface area (Å²) in [6.45, 7) is 1.52. The van der Waals surface area contributed by atoms with E-state index in [9.17, 15) is 4.79 Å². The van der Waals surface area contributed by atoms with Crippen molar-refractivity contribution in [3.8, 4) is 0 Å². The molecule has 0 heterocycles. The normalized spacial score (nSPS) is 12.5. The Morgan fingerprint density at radius 1 is 1.62 bits per heavy atom. The lowest BCUT2D eigenvalue weighted by molar-refractivity contribution is -0.118. The fourth-order valence-corrected chi connectivity index (χ4v) is 1.51. The molecule has 0 saturated carbocycles. The van der Waals surface area contributed by atoms with Gasteiger partial charge in [0.25, 0.3) is 0 Å². The van der Waals surface area contributed by atoms with Gasteiger partial charge in [-0.15, -0.1) is 0 Å². The van der Waals surface area contributed by atoms with Crippen LogP contribution in [0.5, 0.6) is 0 Å². The maximum absolute atomic E-state index is 10.9. The number of hydrogen-bond acceptors (Lipinski definition) is 2. The molecule has 0 radical (unpaired) electrons. The summed E-state index contributed by atoms with van der Waals surface area (Å²) in [6, 6.07) is 7.44. The van der Waals surface area contributed by atoms with E-state index in [2.05, 4.69) is 15.9 Å². The quantitative estimate of drug-likeness (QED) is 0.879. The van der Waals surface area contributed by atoms with Gasteiger partial charge in [-0.2, -0.15) is 0 Å². The van der Waals surface area contributed by atoms with Crippen LogP contribution in [0.3, 0.4) is 0 Å². The lowest BCUT2D eigenvalue weighted by Gasteiger charge is -2.07. The van der Waals surface area contributed by atoms with Gasteiger partial charge in [0.1, 0.15) is 5.78 Å². The minimum Gasteiger partial charge on any atom is -0.321 e. The fourth-order valence-electron chi connectivity index (χ4n) is 1.06. The molecule has 70 valence electrons. The van der Waals surface area contributed by atoms with Crippen LogP contribution in [0.25, 0.3) is 0 Å². The standard InChI is InChI=1S/C10H12BrNO/c1-7(13)10(12)6-8-3-2-4-9(11)5-8/h2-5,10H,6,12H2,1H3. The Bertz CT molecular complexity index is 312. The molecular formula is C10H12BrNO. The van der Waals surface area contributed by atoms with E-state index in [0.29, 0.717) is 6.42 Å². The molecule has 0 bridgehead atoms. The van der Waals surface area contributed by atoms with Crippen molar-refractivity contribution in [3.05, 3.63) is 34.3 Å². The first-order valence-electron chi connectivity index (χ1n) is 4.10. The second-order valence-corrected chi connectivity index (χ2v) is 3.97. The molecule has 0 aliphatic rings. The van der Waals surface area contributed by atoms with E-state index < -0.39 is 0 Å². The van der Waals surface area contributed by atoms with Crippen LogP contribution in [0.1, 0.15) is 12.5 Å². The molecule has 2 N–H and O–H groups in total. The van der Waals surface area contributed by atoms with E-state index in [-0.39, 0.29) is 11.8 Å². The fraction of sp³-hybridized carbons (Fsp3) is 0.300. The van der Waals surface area contributed by atoms with Crippen molar-refractivity contribution in [2.45, 2.75) is 19.4 Å². The van der Waals surface area contributed by atoms with Crippen LogP contribution in [0.4, 0.5) is 0 Å². The number of rotatable bonds is 3. The average Bonchev–Trinajstić information content (AvgIpc) is 2.04. The Morgan fingerprint density at radius 3 is 2.85 bits per heavy atom. The summed E-state index contributed by atoms with van der Waals surface area (Å²) in [5.41, 5.74) is 6.71. The first-order chi connectivity index (χ1) is 6.09. The Balaban J connectivity index is 2.69. The van der Waals surface area contributed by atoms with E-state index in [1.807, 2.05) is 24.3 Å². The lowest BCUT2D eigenvalue weighted by atomic mass is 10.0. The second-order valence-electron chi connectivity index (χ2n) is 3.05. The van der Waals surface area contributed by atoms with E-state index in [4.69, 9.17) is 5.73 Å². The lowest BCUT2D eigenvalue weighted by Crippen LogP contribution is -2.30. The van der Waals surface area contributed by atoms with Crippen molar-refractivity contribution in [2.75, 3.05) is 0 Å². The molecule has 2 nitrogen and oxygen atoms in total. The maximum Gasteiger partial charge on any atom is 0.146 e. The van der Waals surface area contributed by atoms with Gasteiger partial charge < -0.3 is 5.73 Å². The van der Waals surface area contributed by atoms with Gasteiger partial charge in [-0.1, -0.05) is 28.1 Å². The van der Waals surface area contributed by atoms with Crippen molar-refractivity contribution in [1.29, 1.82) is 0 Å². The first-order valence-corrected chi connectivity index (χ1v) is 4.89. The Hall–Kier alpha value is -0.670. The summed E-state index contributed by atoms with van der Waals surface area (Å²) in [5, 5.41) is 0. The summed E-state index contributed by atoms with van der Waals surface area (Å²) in [4.78, 5) is 10.9. The van der Waals surface area contributed by atoms with Gasteiger partial charge in [0.2, 0.25) is 0 Å². The van der Waals surface area contributed by atoms with Crippen molar-refractivity contribution < 1.29 is 4.79 Å². The van der Waals surface area contributed by atoms with Crippen molar-refractivity contribution in [1.82, 2.24) is 0 Å². The maximum atomic E-state index is 10.9. The molecule has 0 aromatic heterocycles. The first kappa shape index (κ1) is 10.4. The van der Waals surface area contributed by atoms with Gasteiger partial charge in [-0.05, 0) is 31.0 Å². The average molecular weight is 242 g/mol. The number of benzene rings is 1. The van der Waals surface area contributed by atoms with Crippen molar-refractivity contribution in [3.63, 3.8) is 0 Å². The molecule has 1 rings (SSSR count). The van der Waals surface area contributed by atoms with Gasteiger partial charge in [0, 0.05) is 4.47 Å². The van der Waals surface area contributed by atoms with Crippen LogP contribution < -0.4 is 5.73 Å². The molecule has 0 aliphatic carbocycles. The summed E-state index contributed by atoms with van der Waals surface area (Å²) >= 11 is 3.36. The van der Waals surface area contributed by atoms with E-state index in [1.54, 1.807) is 0 Å². The van der Waals surface area contributed by atoms with E-state index in [0.717, 1.165) is 10.0 Å². The molecule has 1 atom stereocenters. The highest BCUT2D eigenvalue weighted by atomic mass is 79.9. The Labute approximate surface area is 86.3 Å². The summed E-state index contributed by atoms with van der Waals surface area (Å²) in [6.07, 6.45) is 0.606. The third-order valence-electron chi connectivity index (χ3n) is 1.87. The minimum absolute atomic E-state index is 0.0278. The third kappa shape index (κ3) is 3.28. The van der Waals surface area contributed by atoms with Crippen LogP contribution in [0, 0.1) is 0 Å². The molecule has 1 aromatic carbocycles. The van der Waals surface area contributed by atoms with E-state index in [1.165, 1.54) is 6.92 Å². The number of carbonyl (C=O) groups is 1. The van der Waals surface area contributed by atoms with Crippen LogP contribution in [0.15, 0.2) is 28.7 Å². The highest BCUT2D eigenvalue weighted by Gasteiger charge is 2.08. The van der Waals surface area contributed by atoms with Gasteiger partial charge >= 0.3 is 0 Å². The monoisotopic (exact) mass is 241 g/mol. The van der Waals surface area contributed by atoms with Crippen molar-refractivity contribution >= 4 is 21.7 Å². The SMILES string of the molecule is CC(=O)C(N)Cc1cccc(Br)c1. The molecule has 13 heavy (non-hydrogen) atoms. The molecule has 3 heteroatoms. The van der Waals surface area contributed by atoms with Crippen LogP contribution in [-0.2, 0) is 11.2 Å². The largest absolute Gasteiger partial charge is 0.321 e. The number of Topliss-reactive ketones (excluding diaryl/α,β-unsaturated/α-hetero) is 1. The third-order valence-corrected chi connectivity index (χ3v) is 2.36. The van der Waals surface area contributed by atoms with Crippen LogP contribution in [0.2, 0.25) is 0 Å². The smallest absolute Gasteiger partial charge is 0.146 e. The molecule has 0 spiro atoms. The Kier molecular flexibility index (Phi) is 3.63. The molecule has 0 saturated heterocycles. The molecule has 1 unspecified atom stereocenters. The molecule has 0 aliphatic heterocycles. The van der Waals surface area contributed by atoms with Crippen LogP contribution >= 0.6 is 15.9 Å². The minimum atomic E-state index is -0.380. The number of hydrogen-bond donors (Lipinski definition) is 1. The number of carbonyl (C=O) groups excluding carboxylic acids is 1. The van der Waals surface area contributed by atoms with Crippen LogP contribution in [-0.4, -0.2) is 11.8 Å². The van der Waals surface area contributed by atoms with Gasteiger partial charge in [0.15, 0.2) is 0 Å². The summed E-state index contributed by atoms with van der Waals surface area (Å²) in [7, 11) is 0. The predicted octanol–water partition coefficient (Wildman–Crippen LogP) is 1.91. The number of halogens is 1. The molecule has 0 fully saturated rings. The topological polar surface area (TPSA) is 43.1 Å². The van der Waals surface area contributed by atoms with Gasteiger partial charge in [0.05, 0.1) is 6.04 Å². The molecule has 0 amide bonds.